The molecule has 324 valence electrons. The van der Waals surface area contributed by atoms with Gasteiger partial charge in [-0.2, -0.15) is 0 Å². The van der Waals surface area contributed by atoms with Gasteiger partial charge in [-0.25, -0.2) is 9.97 Å². The van der Waals surface area contributed by atoms with E-state index in [1.54, 1.807) is 0 Å². The SMILES string of the molecule is CC(C)(C)c1ccc(-c2c3nc(c([C]4[CH][CH][CH][CH]4)c4nc(c(-c5ccc(C(C)(C)C)cc5)c5ccc([nH]5)c(-c5ccc(C(C)(C)C)cc5)c5ccc2[nH]5)C=C4)C=C3)cc1.[CH]1[CH][CH][CH][CH]1.[Fe+2]. The summed E-state index contributed by atoms with van der Waals surface area (Å²) in [6.07, 6.45) is 27.1. The summed E-state index contributed by atoms with van der Waals surface area (Å²) in [6.45, 7) is 20.3. The third kappa shape index (κ3) is 9.84. The van der Waals surface area contributed by atoms with Crippen molar-refractivity contribution in [1.29, 1.82) is 0 Å². The molecule has 5 heteroatoms. The zero-order valence-corrected chi connectivity index (χ0v) is 40.1. The van der Waals surface area contributed by atoms with E-state index in [-0.39, 0.29) is 33.3 Å². The van der Waals surface area contributed by atoms with Crippen LogP contribution in [-0.2, 0) is 33.3 Å². The van der Waals surface area contributed by atoms with Gasteiger partial charge < -0.3 is 9.97 Å². The molecule has 4 aliphatic rings. The van der Waals surface area contributed by atoms with Gasteiger partial charge in [-0.1, -0.05) is 135 Å². The molecule has 4 nitrogen and oxygen atoms in total. The third-order valence-corrected chi connectivity index (χ3v) is 12.4. The average molecular weight is 891 g/mol. The first-order chi connectivity index (χ1) is 30.6. The number of aromatic amines is 2. The number of nitrogens with zero attached hydrogens (tertiary/aromatic N) is 2. The Labute approximate surface area is 399 Å². The maximum Gasteiger partial charge on any atom is 2.00 e. The molecule has 0 amide bonds. The van der Waals surface area contributed by atoms with E-state index < -0.39 is 0 Å². The van der Waals surface area contributed by atoms with Crippen LogP contribution in [0.1, 0.15) is 107 Å². The van der Waals surface area contributed by atoms with Crippen LogP contribution in [0.2, 0.25) is 0 Å². The second-order valence-corrected chi connectivity index (χ2v) is 20.1. The molecule has 2 fully saturated rings. The fraction of sp³-hybridized carbons (Fsp3) is 0.200. The molecule has 2 saturated carbocycles. The standard InChI is InChI=1S/C55H53N4.C5H5.Fe/c1-53(2,3)38-20-14-35(15-21-38)50-43-28-26-41(56-43)49(34-12-10-11-13-34)42-27-29-44(57-42)51(36-16-22-39(23-17-36)54(4,5)6)46-31-33-48(59-46)52(47-32-30-45(50)58-47)37-18-24-40(25-19-37)55(7,8)9;1-2-4-5-3-1;/h10-33,58-59H,1-9H3;1-5H;/q;;+2. The Morgan fingerprint density at radius 1 is 0.323 bits per heavy atom. The molecule has 0 atom stereocenters. The van der Waals surface area contributed by atoms with Crippen molar-refractivity contribution in [2.75, 3.05) is 0 Å². The van der Waals surface area contributed by atoms with E-state index in [0.29, 0.717) is 0 Å². The number of nitrogens with one attached hydrogen (secondary N) is 2. The molecular formula is C60H58FeN4+2. The van der Waals surface area contributed by atoms with Gasteiger partial charge in [0, 0.05) is 50.2 Å². The summed E-state index contributed by atoms with van der Waals surface area (Å²) in [4.78, 5) is 18.7. The van der Waals surface area contributed by atoms with Crippen molar-refractivity contribution in [3.63, 3.8) is 0 Å². The first-order valence-corrected chi connectivity index (χ1v) is 22.5. The van der Waals surface area contributed by atoms with Gasteiger partial charge in [-0.05, 0) is 156 Å². The van der Waals surface area contributed by atoms with Crippen LogP contribution in [0.3, 0.4) is 0 Å². The first-order valence-electron chi connectivity index (χ1n) is 22.5. The normalized spacial score (nSPS) is 15.2. The Balaban J connectivity index is 0.000000900. The zero-order valence-electron chi connectivity index (χ0n) is 39.0. The fourth-order valence-electron chi connectivity index (χ4n) is 8.69. The molecule has 2 aliphatic carbocycles. The minimum Gasteiger partial charge on any atom is -0.354 e. The molecule has 0 unspecified atom stereocenters. The van der Waals surface area contributed by atoms with E-state index >= 15 is 0 Å². The topological polar surface area (TPSA) is 57.4 Å². The largest absolute Gasteiger partial charge is 2.00 e. The van der Waals surface area contributed by atoms with Crippen molar-refractivity contribution in [3.8, 4) is 33.4 Å². The van der Waals surface area contributed by atoms with Crippen LogP contribution in [0.25, 0.3) is 79.8 Å². The molecule has 10 rings (SSSR count). The second kappa shape index (κ2) is 18.6. The predicted molar refractivity (Wildman–Crippen MR) is 272 cm³/mol. The Hall–Kier alpha value is -5.22. The number of hydrogen-bond acceptors (Lipinski definition) is 2. The molecule has 5 heterocycles. The van der Waals surface area contributed by atoms with Gasteiger partial charge in [-0.15, -0.1) is 0 Å². The van der Waals surface area contributed by atoms with E-state index in [2.05, 4.69) is 219 Å². The monoisotopic (exact) mass is 890 g/mol. The van der Waals surface area contributed by atoms with E-state index in [1.807, 2.05) is 32.1 Å². The van der Waals surface area contributed by atoms with Gasteiger partial charge in [0.2, 0.25) is 0 Å². The van der Waals surface area contributed by atoms with Crippen molar-refractivity contribution in [2.45, 2.75) is 78.6 Å². The fourth-order valence-corrected chi connectivity index (χ4v) is 8.69. The summed E-state index contributed by atoms with van der Waals surface area (Å²) < 4.78 is 0. The zero-order chi connectivity index (χ0) is 44.8. The van der Waals surface area contributed by atoms with Crippen molar-refractivity contribution >= 4 is 46.4 Å². The molecule has 0 saturated heterocycles. The molecule has 2 N–H and O–H groups in total. The van der Waals surface area contributed by atoms with Gasteiger partial charge >= 0.3 is 17.1 Å². The number of aromatic nitrogens is 4. The minimum atomic E-state index is 0. The van der Waals surface area contributed by atoms with E-state index in [4.69, 9.17) is 9.97 Å². The molecule has 2 aliphatic heterocycles. The third-order valence-electron chi connectivity index (χ3n) is 12.4. The van der Waals surface area contributed by atoms with E-state index in [0.717, 1.165) is 89.7 Å². The number of benzene rings is 3. The van der Waals surface area contributed by atoms with Gasteiger partial charge in [-0.3, -0.25) is 0 Å². The van der Waals surface area contributed by atoms with E-state index in [9.17, 15) is 0 Å². The minimum absolute atomic E-state index is 0. The van der Waals surface area contributed by atoms with Crippen LogP contribution in [0.15, 0.2) is 97.1 Å². The molecule has 0 spiro atoms. The summed E-state index contributed by atoms with van der Waals surface area (Å²) in [5, 5.41) is 0. The second-order valence-electron chi connectivity index (χ2n) is 20.1. The van der Waals surface area contributed by atoms with Gasteiger partial charge in [0.15, 0.2) is 0 Å². The van der Waals surface area contributed by atoms with Gasteiger partial charge in [0.1, 0.15) is 0 Å². The van der Waals surface area contributed by atoms with Crippen molar-refractivity contribution in [1.82, 2.24) is 19.9 Å². The summed E-state index contributed by atoms with van der Waals surface area (Å²) in [5.74, 6) is 1.09. The number of H-pyrrole nitrogens is 2. The summed E-state index contributed by atoms with van der Waals surface area (Å²) in [5.41, 5.74) is 19.2. The number of fused-ring (bicyclic) bond motifs is 8. The van der Waals surface area contributed by atoms with Crippen LogP contribution in [0, 0.1) is 63.7 Å². The Morgan fingerprint density at radius 3 is 0.908 bits per heavy atom. The van der Waals surface area contributed by atoms with Crippen LogP contribution in [0.4, 0.5) is 0 Å². The van der Waals surface area contributed by atoms with Crippen LogP contribution < -0.4 is 0 Å². The molecule has 3 aromatic carbocycles. The van der Waals surface area contributed by atoms with Crippen molar-refractivity contribution < 1.29 is 17.1 Å². The van der Waals surface area contributed by atoms with Gasteiger partial charge in [0.25, 0.3) is 0 Å². The summed E-state index contributed by atoms with van der Waals surface area (Å²) in [6, 6.07) is 35.9. The average Bonchev–Trinajstić information content (AvgIpc) is 4.12. The molecule has 8 bridgehead atoms. The summed E-state index contributed by atoms with van der Waals surface area (Å²) in [7, 11) is 0. The Bertz CT molecular complexity index is 2710. The van der Waals surface area contributed by atoms with Crippen LogP contribution in [-0.4, -0.2) is 19.9 Å². The smallest absolute Gasteiger partial charge is 0.354 e. The Morgan fingerprint density at radius 2 is 0.600 bits per heavy atom. The number of rotatable bonds is 4. The van der Waals surface area contributed by atoms with Crippen molar-refractivity contribution in [2.24, 2.45) is 0 Å². The molecular weight excluding hydrogens is 833 g/mol. The van der Waals surface area contributed by atoms with Gasteiger partial charge in [0.05, 0.1) is 22.8 Å². The van der Waals surface area contributed by atoms with Crippen LogP contribution >= 0.6 is 0 Å². The maximum atomic E-state index is 5.45. The molecule has 65 heavy (non-hydrogen) atoms. The Kier molecular flexibility index (Phi) is 13.2. The molecule has 3 aromatic heterocycles. The predicted octanol–water partition coefficient (Wildman–Crippen LogP) is 15.3. The quantitative estimate of drug-likeness (QED) is 0.173. The van der Waals surface area contributed by atoms with Crippen molar-refractivity contribution in [3.05, 3.63) is 206 Å². The maximum absolute atomic E-state index is 5.45. The molecule has 6 aromatic rings. The number of hydrogen-bond donors (Lipinski definition) is 2. The first kappa shape index (κ1) is 46.3. The summed E-state index contributed by atoms with van der Waals surface area (Å²) >= 11 is 0. The van der Waals surface area contributed by atoms with E-state index in [1.165, 1.54) is 16.7 Å². The van der Waals surface area contributed by atoms with Crippen LogP contribution in [0.5, 0.6) is 0 Å². The molecule has 10 radical (unpaired) electrons.